The maximum atomic E-state index is 13.6. The molecule has 0 saturated heterocycles. The number of alkyl halides is 3. The first-order chi connectivity index (χ1) is 16.9. The number of hydrogen-bond donors (Lipinski definition) is 1. The molecule has 6 nitrogen and oxygen atoms in total. The van der Waals surface area contributed by atoms with Gasteiger partial charge in [0.25, 0.3) is 0 Å². The molecule has 1 heterocycles. The molecule has 1 fully saturated rings. The zero-order chi connectivity index (χ0) is 24.8. The molecule has 9 heteroatoms. The minimum atomic E-state index is -2.71. The Morgan fingerprint density at radius 1 is 1.00 bits per heavy atom. The maximum absolute atomic E-state index is 13.6. The maximum Gasteiger partial charge on any atom is 0.248 e. The lowest BCUT2D eigenvalue weighted by molar-refractivity contribution is -0.127. The van der Waals surface area contributed by atoms with Gasteiger partial charge < -0.3 is 5.32 Å². The van der Waals surface area contributed by atoms with E-state index in [0.717, 1.165) is 11.1 Å². The second-order valence-electron chi connectivity index (χ2n) is 8.52. The van der Waals surface area contributed by atoms with Crippen molar-refractivity contribution in [2.24, 2.45) is 0 Å². The highest BCUT2D eigenvalue weighted by Gasteiger charge is 2.38. The van der Waals surface area contributed by atoms with Crippen LogP contribution >= 0.6 is 11.6 Å². The molecule has 1 aliphatic carbocycles. The number of rotatable bonds is 7. The topological polar surface area (TPSA) is 75.2 Å². The summed E-state index contributed by atoms with van der Waals surface area (Å²) in [7, 11) is 0. The Balaban J connectivity index is 1.66. The fourth-order valence-electron chi connectivity index (χ4n) is 4.28. The number of nitrogens with zero attached hydrogens (tertiary/aromatic N) is 3. The van der Waals surface area contributed by atoms with Gasteiger partial charge in [0.1, 0.15) is 18.2 Å². The van der Waals surface area contributed by atoms with E-state index in [0.29, 0.717) is 11.3 Å². The first-order valence-electron chi connectivity index (χ1n) is 11.3. The highest BCUT2D eigenvalue weighted by atomic mass is 35.5. The lowest BCUT2D eigenvalue weighted by Gasteiger charge is -2.34. The van der Waals surface area contributed by atoms with Crippen LogP contribution in [0.1, 0.15) is 37.3 Å². The first-order valence-corrected chi connectivity index (χ1v) is 11.9. The van der Waals surface area contributed by atoms with Crippen molar-refractivity contribution in [3.63, 3.8) is 0 Å². The Labute approximate surface area is 207 Å². The fourth-order valence-corrected chi connectivity index (χ4v) is 4.41. The van der Waals surface area contributed by atoms with Crippen molar-refractivity contribution >= 4 is 29.1 Å². The minimum Gasteiger partial charge on any atom is -0.351 e. The van der Waals surface area contributed by atoms with E-state index in [9.17, 15) is 18.4 Å². The summed E-state index contributed by atoms with van der Waals surface area (Å²) in [5, 5.41) is 2.86. The van der Waals surface area contributed by atoms with Crippen LogP contribution in [0.5, 0.6) is 0 Å². The van der Waals surface area contributed by atoms with Crippen LogP contribution in [-0.4, -0.2) is 39.6 Å². The number of anilines is 1. The second-order valence-corrected chi connectivity index (χ2v) is 8.79. The molecule has 1 N–H and O–H groups in total. The molecule has 2 amide bonds. The van der Waals surface area contributed by atoms with E-state index in [1.54, 1.807) is 12.1 Å². The summed E-state index contributed by atoms with van der Waals surface area (Å²) in [6.07, 6.45) is 3.98. The Morgan fingerprint density at radius 3 is 2.20 bits per heavy atom. The van der Waals surface area contributed by atoms with Crippen molar-refractivity contribution in [2.45, 2.75) is 43.7 Å². The van der Waals surface area contributed by atoms with E-state index in [1.807, 2.05) is 42.5 Å². The molecule has 0 unspecified atom stereocenters. The van der Waals surface area contributed by atoms with E-state index in [1.165, 1.54) is 23.6 Å². The number of carbonyl (C=O) groups is 2. The van der Waals surface area contributed by atoms with Crippen LogP contribution in [0.25, 0.3) is 11.1 Å². The SMILES string of the molecule is O=C(NC1CCC(F)(F)CC1)[C@@H](c1cncnc1)N(C(=O)CCl)c1ccc(-c2ccccc2)cc1. The van der Waals surface area contributed by atoms with Crippen molar-refractivity contribution in [3.05, 3.63) is 78.9 Å². The monoisotopic (exact) mass is 498 g/mol. The standard InChI is InChI=1S/C26H25ClF2N4O2/c27-14-23(34)33(22-8-6-19(7-9-22)18-4-2-1-3-5-18)24(20-15-30-17-31-16-20)25(35)32-21-10-12-26(28,29)13-11-21/h1-9,15-17,21,24H,10-14H2,(H,32,35)/t24-/m1/s1. The molecule has 0 spiro atoms. The zero-order valence-corrected chi connectivity index (χ0v) is 19.7. The smallest absolute Gasteiger partial charge is 0.248 e. The van der Waals surface area contributed by atoms with E-state index in [4.69, 9.17) is 11.6 Å². The molecule has 0 bridgehead atoms. The van der Waals surface area contributed by atoms with Gasteiger partial charge in [0.15, 0.2) is 0 Å². The van der Waals surface area contributed by atoms with Crippen molar-refractivity contribution in [1.82, 2.24) is 15.3 Å². The number of carbonyl (C=O) groups excluding carboxylic acids is 2. The largest absolute Gasteiger partial charge is 0.351 e. The second kappa shape index (κ2) is 10.9. The molecule has 4 rings (SSSR count). The molecule has 2 aromatic carbocycles. The van der Waals surface area contributed by atoms with Crippen LogP contribution in [-0.2, 0) is 9.59 Å². The van der Waals surface area contributed by atoms with Crippen molar-refractivity contribution in [1.29, 1.82) is 0 Å². The van der Waals surface area contributed by atoms with Gasteiger partial charge in [-0.2, -0.15) is 0 Å². The van der Waals surface area contributed by atoms with Gasteiger partial charge in [-0.05, 0) is 36.1 Å². The predicted octanol–water partition coefficient (Wildman–Crippen LogP) is 5.15. The lowest BCUT2D eigenvalue weighted by atomic mass is 9.92. The third-order valence-electron chi connectivity index (χ3n) is 6.10. The van der Waals surface area contributed by atoms with Crippen LogP contribution in [0.2, 0.25) is 0 Å². The summed E-state index contributed by atoms with van der Waals surface area (Å²) in [6, 6.07) is 15.4. The Bertz CT molecular complexity index is 1140. The quantitative estimate of drug-likeness (QED) is 0.457. The molecule has 1 saturated carbocycles. The summed E-state index contributed by atoms with van der Waals surface area (Å²) in [5.74, 6) is -4.05. The molecule has 35 heavy (non-hydrogen) atoms. The van der Waals surface area contributed by atoms with Gasteiger partial charge in [-0.15, -0.1) is 11.6 Å². The minimum absolute atomic E-state index is 0.159. The zero-order valence-electron chi connectivity index (χ0n) is 18.9. The van der Waals surface area contributed by atoms with Gasteiger partial charge in [0.2, 0.25) is 17.7 Å². The van der Waals surface area contributed by atoms with E-state index in [2.05, 4.69) is 15.3 Å². The molecule has 1 aromatic heterocycles. The van der Waals surface area contributed by atoms with Crippen LogP contribution in [0, 0.1) is 0 Å². The normalized spacial score (nSPS) is 16.3. The Kier molecular flexibility index (Phi) is 7.70. The highest BCUT2D eigenvalue weighted by molar-refractivity contribution is 6.29. The number of amides is 2. The number of benzene rings is 2. The summed E-state index contributed by atoms with van der Waals surface area (Å²) in [5.41, 5.74) is 2.81. The molecule has 1 atom stereocenters. The number of halogens is 3. The van der Waals surface area contributed by atoms with Gasteiger partial charge in [0.05, 0.1) is 0 Å². The molecular formula is C26H25ClF2N4O2. The van der Waals surface area contributed by atoms with Crippen LogP contribution in [0.15, 0.2) is 73.3 Å². The third-order valence-corrected chi connectivity index (χ3v) is 6.33. The molecule has 1 aliphatic rings. The van der Waals surface area contributed by atoms with E-state index >= 15 is 0 Å². The molecule has 0 aliphatic heterocycles. The van der Waals surface area contributed by atoms with Crippen molar-refractivity contribution < 1.29 is 18.4 Å². The van der Waals surface area contributed by atoms with Crippen LogP contribution < -0.4 is 10.2 Å². The molecule has 0 radical (unpaired) electrons. The lowest BCUT2D eigenvalue weighted by Crippen LogP contribution is -2.48. The van der Waals surface area contributed by atoms with Crippen LogP contribution in [0.4, 0.5) is 14.5 Å². The van der Waals surface area contributed by atoms with E-state index < -0.39 is 29.8 Å². The molecule has 182 valence electrons. The Morgan fingerprint density at radius 2 is 1.60 bits per heavy atom. The summed E-state index contributed by atoms with van der Waals surface area (Å²) in [6.45, 7) is 0. The first kappa shape index (κ1) is 24.7. The average Bonchev–Trinajstić information content (AvgIpc) is 2.89. The number of aromatic nitrogens is 2. The van der Waals surface area contributed by atoms with Gasteiger partial charge in [-0.3, -0.25) is 14.5 Å². The van der Waals surface area contributed by atoms with Crippen molar-refractivity contribution in [3.8, 4) is 11.1 Å². The van der Waals surface area contributed by atoms with Gasteiger partial charge >= 0.3 is 0 Å². The highest BCUT2D eigenvalue weighted by Crippen LogP contribution is 2.34. The number of nitrogens with one attached hydrogen (secondary N) is 1. The molecular weight excluding hydrogens is 474 g/mol. The van der Waals surface area contributed by atoms with Crippen molar-refractivity contribution in [2.75, 3.05) is 10.8 Å². The average molecular weight is 499 g/mol. The molecule has 3 aromatic rings. The third kappa shape index (κ3) is 6.00. The number of hydrogen-bond acceptors (Lipinski definition) is 4. The van der Waals surface area contributed by atoms with Gasteiger partial charge in [-0.1, -0.05) is 42.5 Å². The van der Waals surface area contributed by atoms with E-state index in [-0.39, 0.29) is 31.6 Å². The summed E-state index contributed by atoms with van der Waals surface area (Å²) < 4.78 is 27.2. The predicted molar refractivity (Wildman–Crippen MR) is 130 cm³/mol. The van der Waals surface area contributed by atoms with Gasteiger partial charge in [0, 0.05) is 42.5 Å². The summed E-state index contributed by atoms with van der Waals surface area (Å²) in [4.78, 5) is 35.9. The van der Waals surface area contributed by atoms with Gasteiger partial charge in [-0.25, -0.2) is 18.7 Å². The fraction of sp³-hybridized carbons (Fsp3) is 0.308. The Hall–Kier alpha value is -3.39. The van der Waals surface area contributed by atoms with Crippen LogP contribution in [0.3, 0.4) is 0 Å². The summed E-state index contributed by atoms with van der Waals surface area (Å²) >= 11 is 5.95.